The Morgan fingerprint density at radius 1 is 1.29 bits per heavy atom. The summed E-state index contributed by atoms with van der Waals surface area (Å²) >= 11 is 9.33. The predicted molar refractivity (Wildman–Crippen MR) is 87.6 cm³/mol. The maximum atomic E-state index is 14.2. The zero-order chi connectivity index (χ0) is 15.4. The zero-order valence-corrected chi connectivity index (χ0v) is 14.1. The van der Waals surface area contributed by atoms with E-state index >= 15 is 0 Å². The van der Waals surface area contributed by atoms with Crippen LogP contribution in [0.15, 0.2) is 40.9 Å². The molecule has 0 aliphatic heterocycles. The maximum Gasteiger partial charge on any atom is 0.137 e. The number of rotatable bonds is 5. The molecule has 2 rings (SSSR count). The number of nitrogens with one attached hydrogen (secondary N) is 1. The molecule has 2 aromatic rings. The molecule has 0 amide bonds. The Hall–Kier alpha value is -1.10. The van der Waals surface area contributed by atoms with E-state index in [1.54, 1.807) is 19.2 Å². The van der Waals surface area contributed by atoms with Crippen molar-refractivity contribution in [2.75, 3.05) is 13.7 Å². The molecule has 0 bridgehead atoms. The summed E-state index contributed by atoms with van der Waals surface area (Å²) in [7, 11) is 1.56. The molecule has 0 heterocycles. The van der Waals surface area contributed by atoms with Crippen LogP contribution in [-0.2, 0) is 0 Å². The summed E-state index contributed by atoms with van der Waals surface area (Å²) < 4.78 is 20.2. The van der Waals surface area contributed by atoms with Crippen molar-refractivity contribution < 1.29 is 9.13 Å². The molecule has 0 radical (unpaired) electrons. The smallest absolute Gasteiger partial charge is 0.137 e. The van der Waals surface area contributed by atoms with Crippen LogP contribution in [0.4, 0.5) is 4.39 Å². The topological polar surface area (TPSA) is 21.3 Å². The van der Waals surface area contributed by atoms with Gasteiger partial charge in [-0.25, -0.2) is 4.39 Å². The lowest BCUT2D eigenvalue weighted by atomic mass is 9.98. The van der Waals surface area contributed by atoms with E-state index in [4.69, 9.17) is 16.3 Å². The Kier molecular flexibility index (Phi) is 5.62. The number of hydrogen-bond acceptors (Lipinski definition) is 2. The summed E-state index contributed by atoms with van der Waals surface area (Å²) in [6.07, 6.45) is 0. The van der Waals surface area contributed by atoms with E-state index in [-0.39, 0.29) is 11.9 Å². The summed E-state index contributed by atoms with van der Waals surface area (Å²) in [5.41, 5.74) is 1.49. The van der Waals surface area contributed by atoms with Gasteiger partial charge in [-0.15, -0.1) is 0 Å². The largest absolute Gasteiger partial charge is 0.495 e. The van der Waals surface area contributed by atoms with Crippen molar-refractivity contribution in [1.29, 1.82) is 0 Å². The van der Waals surface area contributed by atoms with Gasteiger partial charge in [-0.1, -0.05) is 46.6 Å². The first-order valence-electron chi connectivity index (χ1n) is 6.58. The average Bonchev–Trinajstić information content (AvgIpc) is 2.46. The molecule has 1 atom stereocenters. The standard InChI is InChI=1S/C16H16BrClFNO/c1-3-20-16(12-6-5-11(17)9-14(12)19)10-4-7-13(18)15(8-10)21-2/h4-9,16,20H,3H2,1-2H3. The van der Waals surface area contributed by atoms with Crippen molar-refractivity contribution in [2.45, 2.75) is 13.0 Å². The maximum absolute atomic E-state index is 14.2. The van der Waals surface area contributed by atoms with Crippen LogP contribution in [0.3, 0.4) is 0 Å². The normalized spacial score (nSPS) is 12.2. The summed E-state index contributed by atoms with van der Waals surface area (Å²) in [4.78, 5) is 0. The molecule has 0 aromatic heterocycles. The van der Waals surface area contributed by atoms with Crippen LogP contribution in [0.5, 0.6) is 5.75 Å². The highest BCUT2D eigenvalue weighted by atomic mass is 79.9. The van der Waals surface area contributed by atoms with Crippen LogP contribution in [-0.4, -0.2) is 13.7 Å². The molecular weight excluding hydrogens is 357 g/mol. The van der Waals surface area contributed by atoms with Crippen LogP contribution in [0, 0.1) is 5.82 Å². The van der Waals surface area contributed by atoms with Gasteiger partial charge in [0.25, 0.3) is 0 Å². The number of ether oxygens (including phenoxy) is 1. The number of benzene rings is 2. The van der Waals surface area contributed by atoms with Gasteiger partial charge < -0.3 is 10.1 Å². The van der Waals surface area contributed by atoms with E-state index in [0.717, 1.165) is 5.56 Å². The molecule has 0 aliphatic carbocycles. The predicted octanol–water partition coefficient (Wildman–Crippen LogP) is 4.95. The third-order valence-corrected chi connectivity index (χ3v) is 4.00. The van der Waals surface area contributed by atoms with Gasteiger partial charge in [0.05, 0.1) is 18.2 Å². The van der Waals surface area contributed by atoms with Crippen LogP contribution < -0.4 is 10.1 Å². The quantitative estimate of drug-likeness (QED) is 0.802. The van der Waals surface area contributed by atoms with Crippen LogP contribution >= 0.6 is 27.5 Å². The first-order chi connectivity index (χ1) is 10.1. The van der Waals surface area contributed by atoms with E-state index in [0.29, 0.717) is 27.4 Å². The number of hydrogen-bond donors (Lipinski definition) is 1. The summed E-state index contributed by atoms with van der Waals surface area (Å²) in [5, 5.41) is 3.83. The van der Waals surface area contributed by atoms with Gasteiger partial charge in [0, 0.05) is 10.0 Å². The Balaban J connectivity index is 2.47. The second kappa shape index (κ2) is 7.25. The molecule has 1 unspecified atom stereocenters. The first kappa shape index (κ1) is 16.3. The van der Waals surface area contributed by atoms with Gasteiger partial charge in [-0.05, 0) is 36.4 Å². The zero-order valence-electron chi connectivity index (χ0n) is 11.8. The third-order valence-electron chi connectivity index (χ3n) is 3.19. The lowest BCUT2D eigenvalue weighted by Crippen LogP contribution is -2.23. The minimum atomic E-state index is -0.260. The Morgan fingerprint density at radius 3 is 2.67 bits per heavy atom. The van der Waals surface area contributed by atoms with Crippen molar-refractivity contribution in [3.05, 3.63) is 62.8 Å². The minimum absolute atomic E-state index is 0.255. The SMILES string of the molecule is CCNC(c1ccc(Cl)c(OC)c1)c1ccc(Br)cc1F. The van der Waals surface area contributed by atoms with E-state index < -0.39 is 0 Å². The van der Waals surface area contributed by atoms with E-state index in [9.17, 15) is 4.39 Å². The monoisotopic (exact) mass is 371 g/mol. The van der Waals surface area contributed by atoms with Crippen LogP contribution in [0.1, 0.15) is 24.1 Å². The molecule has 2 aromatic carbocycles. The van der Waals surface area contributed by atoms with Crippen LogP contribution in [0.25, 0.3) is 0 Å². The van der Waals surface area contributed by atoms with Gasteiger partial charge in [0.15, 0.2) is 0 Å². The fraction of sp³-hybridized carbons (Fsp3) is 0.250. The molecule has 21 heavy (non-hydrogen) atoms. The van der Waals surface area contributed by atoms with Gasteiger partial charge in [0.2, 0.25) is 0 Å². The van der Waals surface area contributed by atoms with E-state index in [1.165, 1.54) is 6.07 Å². The highest BCUT2D eigenvalue weighted by molar-refractivity contribution is 9.10. The fourth-order valence-corrected chi connectivity index (χ4v) is 2.73. The van der Waals surface area contributed by atoms with E-state index in [2.05, 4.69) is 21.2 Å². The highest BCUT2D eigenvalue weighted by Gasteiger charge is 2.18. The second-order valence-corrected chi connectivity index (χ2v) is 5.87. The molecule has 0 fully saturated rings. The lowest BCUT2D eigenvalue weighted by Gasteiger charge is -2.20. The number of halogens is 3. The lowest BCUT2D eigenvalue weighted by molar-refractivity contribution is 0.413. The molecule has 0 spiro atoms. The molecule has 0 aliphatic rings. The van der Waals surface area contributed by atoms with Crippen molar-refractivity contribution in [1.82, 2.24) is 5.32 Å². The first-order valence-corrected chi connectivity index (χ1v) is 7.75. The summed E-state index contributed by atoms with van der Waals surface area (Å²) in [5.74, 6) is 0.318. The third kappa shape index (κ3) is 3.76. The Bertz CT molecular complexity index is 636. The molecule has 5 heteroatoms. The fourth-order valence-electron chi connectivity index (χ4n) is 2.20. The van der Waals surface area contributed by atoms with Gasteiger partial charge in [-0.2, -0.15) is 0 Å². The summed E-state index contributed by atoms with van der Waals surface area (Å²) in [6.45, 7) is 2.70. The number of methoxy groups -OCH3 is 1. The molecular formula is C16H16BrClFNO. The molecule has 112 valence electrons. The molecule has 2 nitrogen and oxygen atoms in total. The van der Waals surface area contributed by atoms with Crippen LogP contribution in [0.2, 0.25) is 5.02 Å². The second-order valence-electron chi connectivity index (χ2n) is 4.55. The van der Waals surface area contributed by atoms with Crippen molar-refractivity contribution in [2.24, 2.45) is 0 Å². The van der Waals surface area contributed by atoms with Gasteiger partial charge >= 0.3 is 0 Å². The summed E-state index contributed by atoms with van der Waals surface area (Å²) in [6, 6.07) is 10.3. The molecule has 0 saturated carbocycles. The Morgan fingerprint density at radius 2 is 2.05 bits per heavy atom. The highest BCUT2D eigenvalue weighted by Crippen LogP contribution is 2.32. The Labute approximate surface area is 137 Å². The van der Waals surface area contributed by atoms with E-state index in [1.807, 2.05) is 25.1 Å². The molecule has 1 N–H and O–H groups in total. The minimum Gasteiger partial charge on any atom is -0.495 e. The van der Waals surface area contributed by atoms with Crippen molar-refractivity contribution in [3.63, 3.8) is 0 Å². The molecule has 0 saturated heterocycles. The average molecular weight is 373 g/mol. The van der Waals surface area contributed by atoms with Crippen molar-refractivity contribution >= 4 is 27.5 Å². The van der Waals surface area contributed by atoms with Gasteiger partial charge in [-0.3, -0.25) is 0 Å². The van der Waals surface area contributed by atoms with Gasteiger partial charge in [0.1, 0.15) is 11.6 Å². The van der Waals surface area contributed by atoms with Crippen molar-refractivity contribution in [3.8, 4) is 5.75 Å².